The number of nitrogens with zero attached hydrogens (tertiary/aromatic N) is 4. The minimum Gasteiger partial charge on any atom is -0.396 e. The number of nitrogens with two attached hydrogens (primary N) is 1. The number of aliphatic hydroxyl groups excluding tert-OH is 1. The van der Waals surface area contributed by atoms with Gasteiger partial charge in [-0.3, -0.25) is 24.2 Å². The molecule has 6 aliphatic heterocycles. The molecule has 1 aromatic rings. The molecule has 2 aliphatic carbocycles. The minimum absolute atomic E-state index is 0. The molecule has 8 aliphatic rings. The van der Waals surface area contributed by atoms with Crippen LogP contribution >= 0.6 is 11.3 Å². The first kappa shape index (κ1) is 36.2. The summed E-state index contributed by atoms with van der Waals surface area (Å²) in [4.78, 5) is 58.7. The molecule has 1 aromatic heterocycles. The van der Waals surface area contributed by atoms with Gasteiger partial charge in [-0.05, 0) is 56.8 Å². The molecule has 7 heterocycles. The fraction of sp³-hybridized carbons (Fsp3) is 0.806. The lowest BCUT2D eigenvalue weighted by atomic mass is 9.71. The Balaban J connectivity index is 0.000000163. The van der Waals surface area contributed by atoms with Crippen molar-refractivity contribution in [2.75, 3.05) is 65.7 Å². The number of thiazole rings is 1. The van der Waals surface area contributed by atoms with Crippen molar-refractivity contribution < 1.29 is 35.2 Å². The first-order valence-corrected chi connectivity index (χ1v) is 19.1. The van der Waals surface area contributed by atoms with Crippen LogP contribution in [-0.2, 0) is 23.9 Å². The number of likely N-dealkylation sites (tertiary alicyclic amines) is 3. The van der Waals surface area contributed by atoms with Crippen LogP contribution in [0.15, 0.2) is 11.7 Å². The lowest BCUT2D eigenvalue weighted by Crippen LogP contribution is -2.64. The van der Waals surface area contributed by atoms with Crippen LogP contribution in [0.3, 0.4) is 0 Å². The normalized spacial score (nSPS) is 31.1. The number of piperidine rings is 1. The third-order valence-corrected chi connectivity index (χ3v) is 13.2. The Morgan fingerprint density at radius 2 is 1.65 bits per heavy atom. The predicted molar refractivity (Wildman–Crippen MR) is 185 cm³/mol. The summed E-state index contributed by atoms with van der Waals surface area (Å²) in [6, 6.07) is 0. The number of hydrogen-bond donors (Lipinski definition) is 2. The van der Waals surface area contributed by atoms with Gasteiger partial charge in [0.25, 0.3) is 5.91 Å². The summed E-state index contributed by atoms with van der Waals surface area (Å²) < 4.78 is 10.8. The second-order valence-corrected chi connectivity index (χ2v) is 17.5. The molecule has 6 saturated heterocycles. The Kier molecular flexibility index (Phi) is 10.5. The van der Waals surface area contributed by atoms with Crippen LogP contribution in [0.1, 0.15) is 89.7 Å². The molecule has 2 bridgehead atoms. The Bertz CT molecular complexity index is 1350. The van der Waals surface area contributed by atoms with Gasteiger partial charge in [-0.15, -0.1) is 11.3 Å². The van der Waals surface area contributed by atoms with E-state index >= 15 is 0 Å². The average molecular weight is 704 g/mol. The van der Waals surface area contributed by atoms with E-state index in [0.29, 0.717) is 61.5 Å². The van der Waals surface area contributed by atoms with E-state index in [1.54, 1.807) is 16.6 Å². The Morgan fingerprint density at radius 1 is 1.00 bits per heavy atom. The molecule has 0 aromatic carbocycles. The fourth-order valence-electron chi connectivity index (χ4n) is 8.59. The number of aromatic nitrogens is 1. The van der Waals surface area contributed by atoms with Crippen molar-refractivity contribution in [1.29, 1.82) is 0 Å². The van der Waals surface area contributed by atoms with Crippen LogP contribution < -0.4 is 5.73 Å². The zero-order valence-electron chi connectivity index (χ0n) is 29.5. The lowest BCUT2D eigenvalue weighted by molar-refractivity contribution is -0.153. The van der Waals surface area contributed by atoms with Crippen molar-refractivity contribution in [3.05, 3.63) is 16.6 Å². The first-order valence-electron chi connectivity index (χ1n) is 18.2. The largest absolute Gasteiger partial charge is 0.396 e. The van der Waals surface area contributed by atoms with Gasteiger partial charge < -0.3 is 35.0 Å². The van der Waals surface area contributed by atoms with Gasteiger partial charge in [0.1, 0.15) is 4.88 Å². The van der Waals surface area contributed by atoms with E-state index in [1.807, 2.05) is 9.80 Å². The highest BCUT2D eigenvalue weighted by molar-refractivity contribution is 7.11. The zero-order chi connectivity index (χ0) is 35.0. The summed E-state index contributed by atoms with van der Waals surface area (Å²) in [6.45, 7) is 12.9. The number of aliphatic hydroxyl groups is 1. The summed E-state index contributed by atoms with van der Waals surface area (Å²) in [5.74, 6) is -0.306. The molecule has 13 heteroatoms. The quantitative estimate of drug-likeness (QED) is 0.458. The zero-order valence-corrected chi connectivity index (χ0v) is 30.3. The monoisotopic (exact) mass is 703 g/mol. The number of rotatable bonds is 6. The van der Waals surface area contributed by atoms with Gasteiger partial charge >= 0.3 is 0 Å². The maximum absolute atomic E-state index is 12.6. The second-order valence-electron chi connectivity index (χ2n) is 16.6. The summed E-state index contributed by atoms with van der Waals surface area (Å²) in [6.07, 6.45) is 11.6. The van der Waals surface area contributed by atoms with Crippen LogP contribution in [0.2, 0.25) is 0 Å². The summed E-state index contributed by atoms with van der Waals surface area (Å²) in [5, 5.41) is 9.09. The number of carbonyl (C=O) groups is 4. The van der Waals surface area contributed by atoms with E-state index in [9.17, 15) is 19.2 Å². The fourth-order valence-corrected chi connectivity index (χ4v) is 9.17. The van der Waals surface area contributed by atoms with Crippen molar-refractivity contribution in [2.45, 2.75) is 84.7 Å². The molecule has 2 atom stereocenters. The first-order chi connectivity index (χ1) is 23.3. The van der Waals surface area contributed by atoms with Crippen LogP contribution in [0, 0.1) is 33.5 Å². The maximum atomic E-state index is 12.6. The molecular formula is C36H57N5O7S. The molecular weight excluding hydrogens is 646 g/mol. The number of primary amides is 1. The number of ether oxygens (including phenoxy) is 2. The number of fused-ring (bicyclic) bond motifs is 3. The van der Waals surface area contributed by atoms with Gasteiger partial charge in [0.05, 0.1) is 50.2 Å². The standard InChI is InChI=1S/C17H22N4O3S.C11H19NO2.C8H14O2.H2/c1-16(2)3-10(16)14(23)21-7-17(8-21)6-20(5-11(17)13(18)22)15(24)12-4-19-9-25-12;1-2-3-10(13)12-6-4-11(5-7-12)8-14-9-11;9-5-8-3-1-7(2-4-8)10-6-8;/h4,9-11H,3,5-8H2,1-2H3,(H2,18,22);2-9H2,1H3;7,9H,1-6H2;1H/t10-,11+;;;/m1.../s1. The topological polar surface area (TPSA) is 156 Å². The molecule has 3 N–H and O–H groups in total. The molecule has 49 heavy (non-hydrogen) atoms. The van der Waals surface area contributed by atoms with Crippen molar-refractivity contribution in [1.82, 2.24) is 19.7 Å². The van der Waals surface area contributed by atoms with E-state index in [-0.39, 0.29) is 35.4 Å². The van der Waals surface area contributed by atoms with Crippen molar-refractivity contribution in [3.63, 3.8) is 0 Å². The SMILES string of the molecule is CC1(C)C[C@@H]1C(=O)N1CC2(CN(C(=O)c3cncs3)C[C@H]2C(N)=O)C1.CCCC(=O)N1CCC2(CC1)COC2.OCC12CCC(CC1)OC2.[HH]. The number of amides is 4. The molecule has 0 unspecified atom stereocenters. The Morgan fingerprint density at radius 3 is 2.10 bits per heavy atom. The second kappa shape index (κ2) is 14.2. The Labute approximate surface area is 295 Å². The van der Waals surface area contributed by atoms with Gasteiger partial charge in [0.15, 0.2) is 0 Å². The highest BCUT2D eigenvalue weighted by Crippen LogP contribution is 2.54. The molecule has 274 valence electrons. The average Bonchev–Trinajstić information content (AvgIpc) is 3.44. The highest BCUT2D eigenvalue weighted by atomic mass is 32.1. The van der Waals surface area contributed by atoms with Crippen LogP contribution in [0.5, 0.6) is 0 Å². The summed E-state index contributed by atoms with van der Waals surface area (Å²) >= 11 is 1.29. The van der Waals surface area contributed by atoms with Crippen molar-refractivity contribution in [3.8, 4) is 0 Å². The summed E-state index contributed by atoms with van der Waals surface area (Å²) in [5.41, 5.74) is 7.54. The van der Waals surface area contributed by atoms with Gasteiger partial charge in [-0.25, -0.2) is 0 Å². The number of carbonyl (C=O) groups excluding carboxylic acids is 4. The van der Waals surface area contributed by atoms with Gasteiger partial charge in [0.2, 0.25) is 17.7 Å². The van der Waals surface area contributed by atoms with E-state index in [1.165, 1.54) is 37.0 Å². The van der Waals surface area contributed by atoms with Gasteiger partial charge in [-0.1, -0.05) is 20.8 Å². The molecule has 0 radical (unpaired) electrons. The third-order valence-electron chi connectivity index (χ3n) is 12.5. The molecule has 2 spiro atoms. The van der Waals surface area contributed by atoms with Crippen LogP contribution in [0.4, 0.5) is 0 Å². The van der Waals surface area contributed by atoms with Gasteiger partial charge in [0, 0.05) is 69.3 Å². The smallest absolute Gasteiger partial charge is 0.265 e. The lowest BCUT2D eigenvalue weighted by Gasteiger charge is -2.50. The predicted octanol–water partition coefficient (Wildman–Crippen LogP) is 3.18. The third kappa shape index (κ3) is 7.55. The van der Waals surface area contributed by atoms with E-state index in [0.717, 1.165) is 58.6 Å². The van der Waals surface area contributed by atoms with E-state index in [4.69, 9.17) is 20.3 Å². The van der Waals surface area contributed by atoms with E-state index in [2.05, 4.69) is 25.8 Å². The van der Waals surface area contributed by atoms with Gasteiger partial charge in [-0.2, -0.15) is 0 Å². The molecule has 8 fully saturated rings. The highest BCUT2D eigenvalue weighted by Gasteiger charge is 2.61. The van der Waals surface area contributed by atoms with Crippen LogP contribution in [-0.4, -0.2) is 120 Å². The Hall–Kier alpha value is -2.61. The van der Waals surface area contributed by atoms with Crippen molar-refractivity contribution in [2.24, 2.45) is 39.2 Å². The van der Waals surface area contributed by atoms with Crippen molar-refractivity contribution >= 4 is 35.0 Å². The minimum atomic E-state index is -0.402. The maximum Gasteiger partial charge on any atom is 0.265 e. The van der Waals surface area contributed by atoms with E-state index < -0.39 is 11.8 Å². The molecule has 2 saturated carbocycles. The molecule has 9 rings (SSSR count). The molecule has 4 amide bonds. The number of hydrogen-bond acceptors (Lipinski definition) is 9. The van der Waals surface area contributed by atoms with Crippen LogP contribution in [0.25, 0.3) is 0 Å². The molecule has 12 nitrogen and oxygen atoms in total. The summed E-state index contributed by atoms with van der Waals surface area (Å²) in [7, 11) is 0.